The Balaban J connectivity index is 2.02. The fourth-order valence-electron chi connectivity index (χ4n) is 3.22. The number of rotatable bonds is 16. The largest absolute Gasteiger partial charge is 0.364 e. The van der Waals surface area contributed by atoms with Gasteiger partial charge in [0.2, 0.25) is 5.91 Å². The van der Waals surface area contributed by atoms with Crippen molar-refractivity contribution in [2.75, 3.05) is 0 Å². The SMILES string of the molecule is CCCCCCCCCCCCCCCC(=O)NC(=O)c1ccnc([N+](=O)[O-])c1. The lowest BCUT2D eigenvalue weighted by atomic mass is 10.0. The van der Waals surface area contributed by atoms with E-state index in [1.54, 1.807) is 0 Å². The highest BCUT2D eigenvalue weighted by molar-refractivity contribution is 6.04. The monoisotopic (exact) mass is 405 g/mol. The molecule has 0 aliphatic carbocycles. The quantitative estimate of drug-likeness (QED) is 0.215. The summed E-state index contributed by atoms with van der Waals surface area (Å²) in [5.74, 6) is -1.39. The van der Waals surface area contributed by atoms with Crippen LogP contribution in [0.2, 0.25) is 0 Å². The van der Waals surface area contributed by atoms with Gasteiger partial charge in [-0.3, -0.25) is 14.9 Å². The van der Waals surface area contributed by atoms with Crippen molar-refractivity contribution in [2.24, 2.45) is 0 Å². The van der Waals surface area contributed by atoms with Crippen molar-refractivity contribution in [1.82, 2.24) is 10.3 Å². The Morgan fingerprint density at radius 3 is 1.97 bits per heavy atom. The van der Waals surface area contributed by atoms with Gasteiger partial charge in [-0.2, -0.15) is 0 Å². The van der Waals surface area contributed by atoms with Crippen LogP contribution >= 0.6 is 0 Å². The van der Waals surface area contributed by atoms with Crippen LogP contribution in [0.15, 0.2) is 18.3 Å². The second kappa shape index (κ2) is 15.6. The molecule has 2 amide bonds. The van der Waals surface area contributed by atoms with Gasteiger partial charge in [0, 0.05) is 12.5 Å². The van der Waals surface area contributed by atoms with Crippen molar-refractivity contribution in [3.63, 3.8) is 0 Å². The number of pyridine rings is 1. The predicted molar refractivity (Wildman–Crippen MR) is 114 cm³/mol. The van der Waals surface area contributed by atoms with Gasteiger partial charge in [-0.15, -0.1) is 0 Å². The lowest BCUT2D eigenvalue weighted by molar-refractivity contribution is -0.389. The molecule has 0 saturated heterocycles. The second-order valence-electron chi connectivity index (χ2n) is 7.53. The normalized spacial score (nSPS) is 10.7. The molecule has 7 nitrogen and oxygen atoms in total. The first kappa shape index (κ1) is 24.7. The standard InChI is InChI=1S/C22H35N3O4/c1-2-3-4-5-6-7-8-9-10-11-12-13-14-15-21(26)24-22(27)19-16-17-23-20(18-19)25(28)29/h16-18H,2-15H2,1H3,(H,24,26,27). The Hall–Kier alpha value is -2.31. The van der Waals surface area contributed by atoms with E-state index in [1.807, 2.05) is 0 Å². The number of nitrogens with one attached hydrogen (secondary N) is 1. The van der Waals surface area contributed by atoms with Gasteiger partial charge in [0.1, 0.15) is 6.20 Å². The van der Waals surface area contributed by atoms with E-state index in [2.05, 4.69) is 17.2 Å². The first-order chi connectivity index (χ1) is 14.0. The molecule has 7 heteroatoms. The molecule has 0 radical (unpaired) electrons. The molecule has 0 atom stereocenters. The molecule has 1 aromatic rings. The highest BCUT2D eigenvalue weighted by Gasteiger charge is 2.15. The molecule has 1 aromatic heterocycles. The second-order valence-corrected chi connectivity index (χ2v) is 7.53. The van der Waals surface area contributed by atoms with E-state index in [0.29, 0.717) is 0 Å². The van der Waals surface area contributed by atoms with Gasteiger partial charge in [-0.05, 0) is 22.4 Å². The Morgan fingerprint density at radius 2 is 1.45 bits per heavy atom. The number of hydrogen-bond acceptors (Lipinski definition) is 5. The Bertz CT molecular complexity index is 634. The molecule has 0 bridgehead atoms. The third kappa shape index (κ3) is 12.0. The number of hydrogen-bond donors (Lipinski definition) is 1. The summed E-state index contributed by atoms with van der Waals surface area (Å²) in [5.41, 5.74) is 0.0606. The molecular formula is C22H35N3O4. The molecule has 0 saturated carbocycles. The van der Waals surface area contributed by atoms with Gasteiger partial charge in [-0.1, -0.05) is 84.0 Å². The molecule has 29 heavy (non-hydrogen) atoms. The minimum atomic E-state index is -0.674. The molecule has 1 N–H and O–H groups in total. The van der Waals surface area contributed by atoms with Crippen LogP contribution in [0.3, 0.4) is 0 Å². The predicted octanol–water partition coefficient (Wildman–Crippen LogP) is 5.73. The van der Waals surface area contributed by atoms with Crippen LogP contribution < -0.4 is 5.32 Å². The number of nitrogens with zero attached hydrogens (tertiary/aromatic N) is 2. The van der Waals surface area contributed by atoms with Crippen LogP contribution in [0.25, 0.3) is 0 Å². The average molecular weight is 406 g/mol. The van der Waals surface area contributed by atoms with Gasteiger partial charge in [-0.25, -0.2) is 0 Å². The van der Waals surface area contributed by atoms with Gasteiger partial charge in [0.15, 0.2) is 0 Å². The van der Waals surface area contributed by atoms with Crippen LogP contribution in [0.5, 0.6) is 0 Å². The summed E-state index contributed by atoms with van der Waals surface area (Å²) in [6, 6.07) is 2.41. The van der Waals surface area contributed by atoms with Crippen LogP contribution in [0.1, 0.15) is 107 Å². The maximum Gasteiger partial charge on any atom is 0.364 e. The third-order valence-corrected chi connectivity index (χ3v) is 4.96. The van der Waals surface area contributed by atoms with Crippen molar-refractivity contribution >= 4 is 17.6 Å². The summed E-state index contributed by atoms with van der Waals surface area (Å²) < 4.78 is 0. The third-order valence-electron chi connectivity index (χ3n) is 4.96. The van der Waals surface area contributed by atoms with E-state index in [-0.39, 0.29) is 17.9 Å². The van der Waals surface area contributed by atoms with Crippen molar-refractivity contribution < 1.29 is 14.5 Å². The summed E-state index contributed by atoms with van der Waals surface area (Å²) in [6.07, 6.45) is 17.5. The fraction of sp³-hybridized carbons (Fsp3) is 0.682. The van der Waals surface area contributed by atoms with Gasteiger partial charge < -0.3 is 10.1 Å². The van der Waals surface area contributed by atoms with Crippen LogP contribution in [-0.4, -0.2) is 21.7 Å². The molecule has 1 rings (SSSR count). The van der Waals surface area contributed by atoms with Crippen molar-refractivity contribution in [3.8, 4) is 0 Å². The van der Waals surface area contributed by atoms with Crippen molar-refractivity contribution in [1.29, 1.82) is 0 Å². The summed E-state index contributed by atoms with van der Waals surface area (Å²) in [6.45, 7) is 2.24. The number of nitro groups is 1. The molecule has 0 fully saturated rings. The maximum absolute atomic E-state index is 12.0. The van der Waals surface area contributed by atoms with Crippen LogP contribution in [0, 0.1) is 10.1 Å². The number of carbonyl (C=O) groups excluding carboxylic acids is 2. The number of amides is 2. The number of unbranched alkanes of at least 4 members (excludes halogenated alkanes) is 12. The fourth-order valence-corrected chi connectivity index (χ4v) is 3.22. The molecule has 162 valence electrons. The minimum absolute atomic E-state index is 0.0606. The zero-order valence-corrected chi connectivity index (χ0v) is 17.7. The highest BCUT2D eigenvalue weighted by Crippen LogP contribution is 2.13. The number of aromatic nitrogens is 1. The maximum atomic E-state index is 12.0. The van der Waals surface area contributed by atoms with Crippen LogP contribution in [-0.2, 0) is 4.79 Å². The van der Waals surface area contributed by atoms with Crippen LogP contribution in [0.4, 0.5) is 5.82 Å². The minimum Gasteiger partial charge on any atom is -0.358 e. The van der Waals surface area contributed by atoms with Gasteiger partial charge >= 0.3 is 5.82 Å². The van der Waals surface area contributed by atoms with E-state index in [1.165, 1.54) is 76.5 Å². The Morgan fingerprint density at radius 1 is 0.931 bits per heavy atom. The summed E-state index contributed by atoms with van der Waals surface area (Å²) in [5, 5.41) is 13.0. The first-order valence-electron chi connectivity index (χ1n) is 11.0. The Labute approximate surface area is 173 Å². The Kier molecular flexibility index (Phi) is 13.3. The zero-order valence-electron chi connectivity index (χ0n) is 17.7. The first-order valence-corrected chi connectivity index (χ1v) is 11.0. The molecule has 0 spiro atoms. The van der Waals surface area contributed by atoms with Gasteiger partial charge in [0.25, 0.3) is 5.91 Å². The summed E-state index contributed by atoms with van der Waals surface area (Å²) in [4.78, 5) is 37.4. The van der Waals surface area contributed by atoms with E-state index >= 15 is 0 Å². The topological polar surface area (TPSA) is 102 Å². The zero-order chi connectivity index (χ0) is 21.3. The lowest BCUT2D eigenvalue weighted by Gasteiger charge is -2.05. The molecule has 0 aromatic carbocycles. The smallest absolute Gasteiger partial charge is 0.358 e. The van der Waals surface area contributed by atoms with Crippen molar-refractivity contribution in [2.45, 2.75) is 96.8 Å². The molecule has 0 aliphatic rings. The highest BCUT2D eigenvalue weighted by atomic mass is 16.6. The van der Waals surface area contributed by atoms with E-state index in [9.17, 15) is 19.7 Å². The summed E-state index contributed by atoms with van der Waals surface area (Å²) in [7, 11) is 0. The van der Waals surface area contributed by atoms with Gasteiger partial charge in [0.05, 0.1) is 5.56 Å². The molecule has 0 aliphatic heterocycles. The molecule has 1 heterocycles. The van der Waals surface area contributed by atoms with Crippen molar-refractivity contribution in [3.05, 3.63) is 34.0 Å². The number of carbonyl (C=O) groups is 2. The number of imide groups is 1. The van der Waals surface area contributed by atoms with E-state index in [4.69, 9.17) is 0 Å². The van der Waals surface area contributed by atoms with E-state index < -0.39 is 16.6 Å². The molecular weight excluding hydrogens is 370 g/mol. The molecule has 0 unspecified atom stereocenters. The summed E-state index contributed by atoms with van der Waals surface area (Å²) >= 11 is 0. The lowest BCUT2D eigenvalue weighted by Crippen LogP contribution is -2.30. The van der Waals surface area contributed by atoms with E-state index in [0.717, 1.165) is 25.3 Å². The average Bonchev–Trinajstić information content (AvgIpc) is 2.71.